The van der Waals surface area contributed by atoms with Crippen molar-refractivity contribution in [3.8, 4) is 5.75 Å². The maximum Gasteiger partial charge on any atom is 0.119 e. The average Bonchev–Trinajstić information content (AvgIpc) is 3.39. The Hall–Kier alpha value is -1.22. The van der Waals surface area contributed by atoms with Crippen LogP contribution in [0.1, 0.15) is 38.5 Å². The first kappa shape index (κ1) is 14.7. The Morgan fingerprint density at radius 1 is 1.19 bits per heavy atom. The zero-order valence-corrected chi connectivity index (χ0v) is 13.3. The van der Waals surface area contributed by atoms with Crippen LogP contribution in [0.2, 0.25) is 0 Å². The van der Waals surface area contributed by atoms with Crippen molar-refractivity contribution in [2.75, 3.05) is 25.6 Å². The molecule has 0 heterocycles. The number of ether oxygens (including phenoxy) is 1. The highest BCUT2D eigenvalue weighted by Crippen LogP contribution is 2.48. The molecule has 2 unspecified atom stereocenters. The van der Waals surface area contributed by atoms with Crippen molar-refractivity contribution in [3.63, 3.8) is 0 Å². The summed E-state index contributed by atoms with van der Waals surface area (Å²) in [4.78, 5) is 2.43. The maximum absolute atomic E-state index is 6.25. The predicted molar refractivity (Wildman–Crippen MR) is 87.9 cm³/mol. The van der Waals surface area contributed by atoms with E-state index in [9.17, 15) is 0 Å². The van der Waals surface area contributed by atoms with E-state index in [4.69, 9.17) is 10.5 Å². The first-order chi connectivity index (χ1) is 10.2. The molecule has 2 fully saturated rings. The van der Waals surface area contributed by atoms with Crippen LogP contribution in [0.3, 0.4) is 0 Å². The molecule has 21 heavy (non-hydrogen) atoms. The number of methoxy groups -OCH3 is 1. The third-order valence-corrected chi connectivity index (χ3v) is 5.70. The molecule has 3 nitrogen and oxygen atoms in total. The molecule has 2 saturated carbocycles. The minimum atomic E-state index is 0.139. The highest BCUT2D eigenvalue weighted by Gasteiger charge is 2.43. The van der Waals surface area contributed by atoms with E-state index in [1.54, 1.807) is 7.11 Å². The quantitative estimate of drug-likeness (QED) is 0.902. The lowest BCUT2D eigenvalue weighted by molar-refractivity contribution is 0.204. The van der Waals surface area contributed by atoms with Crippen molar-refractivity contribution >= 4 is 5.69 Å². The van der Waals surface area contributed by atoms with E-state index >= 15 is 0 Å². The molecule has 2 N–H and O–H groups in total. The third kappa shape index (κ3) is 2.89. The topological polar surface area (TPSA) is 38.5 Å². The molecule has 0 saturated heterocycles. The Kier molecular flexibility index (Phi) is 4.12. The highest BCUT2D eigenvalue weighted by atomic mass is 16.5. The van der Waals surface area contributed by atoms with Gasteiger partial charge in [-0.15, -0.1) is 0 Å². The number of nitrogens with zero attached hydrogens (tertiary/aromatic N) is 1. The van der Waals surface area contributed by atoms with Gasteiger partial charge in [-0.25, -0.2) is 0 Å². The van der Waals surface area contributed by atoms with Gasteiger partial charge in [0, 0.05) is 19.3 Å². The van der Waals surface area contributed by atoms with Gasteiger partial charge < -0.3 is 15.4 Å². The van der Waals surface area contributed by atoms with Gasteiger partial charge in [-0.3, -0.25) is 0 Å². The molecule has 0 aliphatic heterocycles. The maximum atomic E-state index is 6.25. The third-order valence-electron chi connectivity index (χ3n) is 5.70. The Labute approximate surface area is 128 Å². The Bertz CT molecular complexity index is 469. The zero-order chi connectivity index (χ0) is 14.9. The van der Waals surface area contributed by atoms with Crippen LogP contribution in [0, 0.1) is 11.8 Å². The summed E-state index contributed by atoms with van der Waals surface area (Å²) >= 11 is 0. The van der Waals surface area contributed by atoms with Crippen molar-refractivity contribution in [1.82, 2.24) is 0 Å². The SMILES string of the molecule is COc1ccc(N(C)C2(CN)CCCC(C3CC3)C2)cc1. The number of rotatable bonds is 5. The summed E-state index contributed by atoms with van der Waals surface area (Å²) in [5, 5.41) is 0. The van der Waals surface area contributed by atoms with E-state index in [1.165, 1.54) is 44.2 Å². The molecule has 116 valence electrons. The number of hydrogen-bond acceptors (Lipinski definition) is 3. The number of benzene rings is 1. The van der Waals surface area contributed by atoms with Gasteiger partial charge in [-0.05, 0) is 61.8 Å². The molecule has 1 aromatic rings. The Balaban J connectivity index is 1.79. The van der Waals surface area contributed by atoms with Gasteiger partial charge in [0.1, 0.15) is 5.75 Å². The van der Waals surface area contributed by atoms with Crippen LogP contribution in [0.15, 0.2) is 24.3 Å². The van der Waals surface area contributed by atoms with Crippen LogP contribution in [-0.4, -0.2) is 26.2 Å². The predicted octanol–water partition coefficient (Wildman–Crippen LogP) is 3.43. The molecular formula is C18H28N2O. The van der Waals surface area contributed by atoms with Gasteiger partial charge >= 0.3 is 0 Å². The van der Waals surface area contributed by atoms with Crippen molar-refractivity contribution in [2.45, 2.75) is 44.1 Å². The number of nitrogens with two attached hydrogens (primary N) is 1. The summed E-state index contributed by atoms with van der Waals surface area (Å²) in [5.74, 6) is 2.79. The second-order valence-corrected chi connectivity index (χ2v) is 6.88. The smallest absolute Gasteiger partial charge is 0.119 e. The number of likely N-dealkylation sites (N-methyl/N-ethyl adjacent to an activating group) is 1. The lowest BCUT2D eigenvalue weighted by Crippen LogP contribution is -2.55. The minimum absolute atomic E-state index is 0.139. The first-order valence-corrected chi connectivity index (χ1v) is 8.26. The van der Waals surface area contributed by atoms with E-state index in [0.29, 0.717) is 0 Å². The molecule has 2 aliphatic carbocycles. The van der Waals surface area contributed by atoms with Crippen LogP contribution in [-0.2, 0) is 0 Å². The monoisotopic (exact) mass is 288 g/mol. The largest absolute Gasteiger partial charge is 0.497 e. The summed E-state index contributed by atoms with van der Waals surface area (Å²) in [5.41, 5.74) is 7.64. The van der Waals surface area contributed by atoms with Gasteiger partial charge in [0.25, 0.3) is 0 Å². The van der Waals surface area contributed by atoms with Crippen LogP contribution in [0.4, 0.5) is 5.69 Å². The van der Waals surface area contributed by atoms with Gasteiger partial charge in [0.05, 0.1) is 12.6 Å². The van der Waals surface area contributed by atoms with Crippen molar-refractivity contribution in [2.24, 2.45) is 17.6 Å². The fourth-order valence-electron chi connectivity index (χ4n) is 4.06. The molecule has 3 heteroatoms. The average molecular weight is 288 g/mol. The lowest BCUT2D eigenvalue weighted by Gasteiger charge is -2.48. The van der Waals surface area contributed by atoms with Crippen LogP contribution in [0.5, 0.6) is 5.75 Å². The Morgan fingerprint density at radius 2 is 1.90 bits per heavy atom. The van der Waals surface area contributed by atoms with Gasteiger partial charge in [0.2, 0.25) is 0 Å². The van der Waals surface area contributed by atoms with Gasteiger partial charge in [-0.2, -0.15) is 0 Å². The van der Waals surface area contributed by atoms with Crippen LogP contribution >= 0.6 is 0 Å². The molecule has 1 aromatic carbocycles. The van der Waals surface area contributed by atoms with E-state index < -0.39 is 0 Å². The van der Waals surface area contributed by atoms with E-state index in [2.05, 4.69) is 24.1 Å². The van der Waals surface area contributed by atoms with Gasteiger partial charge in [0.15, 0.2) is 0 Å². The fraction of sp³-hybridized carbons (Fsp3) is 0.667. The molecule has 0 radical (unpaired) electrons. The van der Waals surface area contributed by atoms with E-state index in [-0.39, 0.29) is 5.54 Å². The normalized spacial score (nSPS) is 29.2. The van der Waals surface area contributed by atoms with Crippen LogP contribution in [0.25, 0.3) is 0 Å². The minimum Gasteiger partial charge on any atom is -0.497 e. The molecule has 3 rings (SSSR count). The first-order valence-electron chi connectivity index (χ1n) is 8.26. The van der Waals surface area contributed by atoms with Crippen molar-refractivity contribution in [1.29, 1.82) is 0 Å². The summed E-state index contributed by atoms with van der Waals surface area (Å²) in [7, 11) is 3.92. The molecule has 0 bridgehead atoms. The standard InChI is InChI=1S/C18H28N2O/c1-20(16-7-9-17(21-2)10-8-16)18(13-19)11-3-4-15(12-18)14-5-6-14/h7-10,14-15H,3-6,11-13,19H2,1-2H3. The summed E-state index contributed by atoms with van der Waals surface area (Å²) in [6.45, 7) is 0.749. The van der Waals surface area contributed by atoms with Crippen molar-refractivity contribution < 1.29 is 4.74 Å². The highest BCUT2D eigenvalue weighted by molar-refractivity contribution is 5.51. The molecule has 2 atom stereocenters. The van der Waals surface area contributed by atoms with E-state index in [0.717, 1.165) is 24.1 Å². The molecule has 0 spiro atoms. The van der Waals surface area contributed by atoms with E-state index in [1.807, 2.05) is 12.1 Å². The summed E-state index contributed by atoms with van der Waals surface area (Å²) in [6.07, 6.45) is 8.09. The molecule has 0 aromatic heterocycles. The molecule has 0 amide bonds. The Morgan fingerprint density at radius 3 is 2.48 bits per heavy atom. The zero-order valence-electron chi connectivity index (χ0n) is 13.3. The molecular weight excluding hydrogens is 260 g/mol. The summed E-state index contributed by atoms with van der Waals surface area (Å²) in [6, 6.07) is 8.38. The van der Waals surface area contributed by atoms with Crippen LogP contribution < -0.4 is 15.4 Å². The van der Waals surface area contributed by atoms with Gasteiger partial charge in [-0.1, -0.05) is 12.8 Å². The second-order valence-electron chi connectivity index (χ2n) is 6.88. The fourth-order valence-corrected chi connectivity index (χ4v) is 4.06. The number of hydrogen-bond donors (Lipinski definition) is 1. The van der Waals surface area contributed by atoms with Crippen molar-refractivity contribution in [3.05, 3.63) is 24.3 Å². The number of anilines is 1. The summed E-state index contributed by atoms with van der Waals surface area (Å²) < 4.78 is 5.26. The molecule has 2 aliphatic rings. The lowest BCUT2D eigenvalue weighted by atomic mass is 9.72. The second kappa shape index (κ2) is 5.88.